The minimum atomic E-state index is -0.320. The molecule has 1 unspecified atom stereocenters. The predicted octanol–water partition coefficient (Wildman–Crippen LogP) is 2.52. The minimum Gasteiger partial charge on any atom is -0.466 e. The van der Waals surface area contributed by atoms with Crippen molar-refractivity contribution in [3.05, 3.63) is 34.1 Å². The molecule has 1 saturated heterocycles. The largest absolute Gasteiger partial charge is 0.466 e. The summed E-state index contributed by atoms with van der Waals surface area (Å²) >= 11 is 11.2. The van der Waals surface area contributed by atoms with E-state index < -0.39 is 0 Å². The Morgan fingerprint density at radius 2 is 2.03 bits per heavy atom. The van der Waals surface area contributed by atoms with Crippen LogP contribution in [0.25, 0.3) is 11.4 Å². The molecule has 1 aromatic heterocycles. The molecule has 11 heteroatoms. The van der Waals surface area contributed by atoms with Crippen LogP contribution in [-0.4, -0.2) is 75.6 Å². The van der Waals surface area contributed by atoms with Gasteiger partial charge in [-0.05, 0) is 56.2 Å². The number of amides is 2. The average molecular weight is 480 g/mol. The third-order valence-corrected chi connectivity index (χ3v) is 5.91. The highest BCUT2D eigenvalue weighted by molar-refractivity contribution is 7.71. The summed E-state index contributed by atoms with van der Waals surface area (Å²) in [5.41, 5.74) is 0.756. The van der Waals surface area contributed by atoms with Gasteiger partial charge in [0.05, 0.1) is 19.1 Å². The van der Waals surface area contributed by atoms with Crippen LogP contribution in [0.3, 0.4) is 0 Å². The summed E-state index contributed by atoms with van der Waals surface area (Å²) in [6.45, 7) is 2.79. The molecular weight excluding hydrogens is 454 g/mol. The molecule has 172 valence electrons. The summed E-state index contributed by atoms with van der Waals surface area (Å²) in [5, 5.41) is 7.51. The van der Waals surface area contributed by atoms with Crippen molar-refractivity contribution in [1.29, 1.82) is 0 Å². The number of hydrogen-bond donors (Lipinski definition) is 1. The smallest absolute Gasteiger partial charge is 0.310 e. The summed E-state index contributed by atoms with van der Waals surface area (Å²) in [4.78, 5) is 40.6. The highest BCUT2D eigenvalue weighted by Gasteiger charge is 2.30. The van der Waals surface area contributed by atoms with E-state index in [1.807, 2.05) is 0 Å². The van der Waals surface area contributed by atoms with Gasteiger partial charge in [-0.15, -0.1) is 0 Å². The van der Waals surface area contributed by atoms with E-state index in [2.05, 4.69) is 10.2 Å². The number of carbonyl (C=O) groups is 3. The maximum absolute atomic E-state index is 12.8. The molecule has 9 nitrogen and oxygen atoms in total. The lowest BCUT2D eigenvalue weighted by molar-refractivity contribution is -0.152. The number of nitrogens with zero attached hydrogens (tertiary/aromatic N) is 4. The van der Waals surface area contributed by atoms with Crippen molar-refractivity contribution in [3.8, 4) is 11.4 Å². The lowest BCUT2D eigenvalue weighted by Gasteiger charge is -2.32. The highest BCUT2D eigenvalue weighted by atomic mass is 35.5. The molecule has 1 fully saturated rings. The molecule has 1 N–H and O–H groups in total. The van der Waals surface area contributed by atoms with Gasteiger partial charge in [0, 0.05) is 30.7 Å². The Morgan fingerprint density at radius 1 is 1.31 bits per heavy atom. The first kappa shape index (κ1) is 23.9. The first-order chi connectivity index (χ1) is 15.3. The molecule has 1 atom stereocenters. The summed E-state index contributed by atoms with van der Waals surface area (Å²) in [6, 6.07) is 7.04. The maximum atomic E-state index is 12.8. The molecule has 2 amide bonds. The zero-order valence-corrected chi connectivity index (χ0v) is 19.6. The second kappa shape index (κ2) is 10.7. The number of nitrogens with one attached hydrogen (secondary N) is 1. The first-order valence-corrected chi connectivity index (χ1v) is 11.2. The standard InChI is InChI=1S/C21H26ClN5O4S/c1-3-31-20(30)15-5-4-10-26(11-15)18(29)12-25(2)17(28)13-27-19(23-24-21(27)32)14-6-8-16(22)9-7-14/h6-9,15H,3-5,10-13H2,1-2H3,(H,24,32). The lowest BCUT2D eigenvalue weighted by Crippen LogP contribution is -2.47. The summed E-state index contributed by atoms with van der Waals surface area (Å²) in [7, 11) is 1.57. The average Bonchev–Trinajstić information content (AvgIpc) is 3.14. The number of ether oxygens (including phenoxy) is 1. The van der Waals surface area contributed by atoms with Gasteiger partial charge in [-0.2, -0.15) is 5.10 Å². The predicted molar refractivity (Wildman–Crippen MR) is 121 cm³/mol. The molecule has 32 heavy (non-hydrogen) atoms. The molecule has 2 heterocycles. The molecule has 2 aromatic rings. The fourth-order valence-electron chi connectivity index (χ4n) is 3.59. The Balaban J connectivity index is 1.62. The van der Waals surface area contributed by atoms with E-state index in [1.54, 1.807) is 47.7 Å². The van der Waals surface area contributed by atoms with Crippen LogP contribution >= 0.6 is 23.8 Å². The van der Waals surface area contributed by atoms with Gasteiger partial charge in [0.15, 0.2) is 10.6 Å². The summed E-state index contributed by atoms with van der Waals surface area (Å²) < 4.78 is 6.97. The Labute approximate surface area is 196 Å². The number of carbonyl (C=O) groups excluding carboxylic acids is 3. The van der Waals surface area contributed by atoms with Crippen LogP contribution in [0.15, 0.2) is 24.3 Å². The van der Waals surface area contributed by atoms with E-state index in [1.165, 1.54) is 4.90 Å². The molecular formula is C21H26ClN5O4S. The van der Waals surface area contributed by atoms with Gasteiger partial charge in [-0.1, -0.05) is 11.6 Å². The Morgan fingerprint density at radius 3 is 2.72 bits per heavy atom. The Kier molecular flexibility index (Phi) is 8.03. The number of aromatic nitrogens is 3. The van der Waals surface area contributed by atoms with E-state index in [0.717, 1.165) is 12.0 Å². The second-order valence-corrected chi connectivity index (χ2v) is 8.45. The van der Waals surface area contributed by atoms with E-state index in [4.69, 9.17) is 28.6 Å². The first-order valence-electron chi connectivity index (χ1n) is 10.4. The minimum absolute atomic E-state index is 0.0669. The zero-order valence-electron chi connectivity index (χ0n) is 18.0. The number of H-pyrrole nitrogens is 1. The van der Waals surface area contributed by atoms with Crippen LogP contribution in [0, 0.1) is 10.7 Å². The van der Waals surface area contributed by atoms with Crippen molar-refractivity contribution >= 4 is 41.6 Å². The molecule has 0 radical (unpaired) electrons. The van der Waals surface area contributed by atoms with Crippen molar-refractivity contribution in [2.75, 3.05) is 33.3 Å². The van der Waals surface area contributed by atoms with Crippen molar-refractivity contribution in [2.45, 2.75) is 26.3 Å². The Bertz CT molecular complexity index is 1040. The van der Waals surface area contributed by atoms with Crippen LogP contribution in [0.4, 0.5) is 0 Å². The van der Waals surface area contributed by atoms with Crippen molar-refractivity contribution in [1.82, 2.24) is 24.6 Å². The zero-order chi connectivity index (χ0) is 23.3. The fraction of sp³-hybridized carbons (Fsp3) is 0.476. The molecule has 1 aliphatic heterocycles. The third kappa shape index (κ3) is 5.74. The number of halogens is 1. The van der Waals surface area contributed by atoms with Gasteiger partial charge in [-0.3, -0.25) is 24.0 Å². The molecule has 1 aliphatic rings. The monoisotopic (exact) mass is 479 g/mol. The number of benzene rings is 1. The van der Waals surface area contributed by atoms with Crippen molar-refractivity contribution in [3.63, 3.8) is 0 Å². The van der Waals surface area contributed by atoms with Crippen molar-refractivity contribution in [2.24, 2.45) is 5.92 Å². The van der Waals surface area contributed by atoms with Crippen LogP contribution in [0.5, 0.6) is 0 Å². The summed E-state index contributed by atoms with van der Waals surface area (Å²) in [6.07, 6.45) is 1.42. The normalized spacial score (nSPS) is 16.0. The number of hydrogen-bond acceptors (Lipinski definition) is 6. The Hall–Kier alpha value is -2.72. The number of likely N-dealkylation sites (N-methyl/N-ethyl adjacent to an activating group) is 1. The fourth-order valence-corrected chi connectivity index (χ4v) is 3.91. The summed E-state index contributed by atoms with van der Waals surface area (Å²) in [5.74, 6) is -0.583. The van der Waals surface area contributed by atoms with E-state index in [0.29, 0.717) is 41.7 Å². The molecule has 3 rings (SSSR count). The van der Waals surface area contributed by atoms with E-state index in [9.17, 15) is 14.4 Å². The quantitative estimate of drug-likeness (QED) is 0.483. The van der Waals surface area contributed by atoms with Gasteiger partial charge < -0.3 is 14.5 Å². The van der Waals surface area contributed by atoms with Crippen LogP contribution in [0.2, 0.25) is 5.02 Å². The highest BCUT2D eigenvalue weighted by Crippen LogP contribution is 2.21. The van der Waals surface area contributed by atoms with Gasteiger partial charge in [0.2, 0.25) is 11.8 Å². The number of piperidine rings is 1. The van der Waals surface area contributed by atoms with Crippen LogP contribution < -0.4 is 0 Å². The number of esters is 1. The number of rotatable bonds is 7. The molecule has 0 spiro atoms. The van der Waals surface area contributed by atoms with E-state index in [-0.39, 0.29) is 36.8 Å². The van der Waals surface area contributed by atoms with Crippen LogP contribution in [-0.2, 0) is 25.7 Å². The second-order valence-electron chi connectivity index (χ2n) is 7.63. The van der Waals surface area contributed by atoms with E-state index >= 15 is 0 Å². The maximum Gasteiger partial charge on any atom is 0.310 e. The SMILES string of the molecule is CCOC(=O)C1CCCN(C(=O)CN(C)C(=O)Cn2c(-c3ccc(Cl)cc3)n[nH]c2=S)C1. The van der Waals surface area contributed by atoms with Crippen LogP contribution in [0.1, 0.15) is 19.8 Å². The molecule has 1 aromatic carbocycles. The third-order valence-electron chi connectivity index (χ3n) is 5.35. The lowest BCUT2D eigenvalue weighted by atomic mass is 9.98. The molecule has 0 aliphatic carbocycles. The number of aromatic amines is 1. The van der Waals surface area contributed by atoms with Gasteiger partial charge in [-0.25, -0.2) is 0 Å². The topological polar surface area (TPSA) is 101 Å². The van der Waals surface area contributed by atoms with Gasteiger partial charge in [0.1, 0.15) is 6.54 Å². The van der Waals surface area contributed by atoms with Crippen molar-refractivity contribution < 1.29 is 19.1 Å². The van der Waals surface area contributed by atoms with Gasteiger partial charge >= 0.3 is 5.97 Å². The molecule has 0 saturated carbocycles. The van der Waals surface area contributed by atoms with Gasteiger partial charge in [0.25, 0.3) is 0 Å². The molecule has 0 bridgehead atoms. The number of likely N-dealkylation sites (tertiary alicyclic amines) is 1.